The predicted octanol–water partition coefficient (Wildman–Crippen LogP) is 2.14. The van der Waals surface area contributed by atoms with Gasteiger partial charge in [0.15, 0.2) is 0 Å². The van der Waals surface area contributed by atoms with E-state index in [-0.39, 0.29) is 6.03 Å². The van der Waals surface area contributed by atoms with Gasteiger partial charge in [0.1, 0.15) is 0 Å². The molecule has 1 aromatic carbocycles. The third kappa shape index (κ3) is 1.98. The maximum atomic E-state index is 11.1. The molecule has 0 heterocycles. The molecule has 0 unspecified atom stereocenters. The normalized spacial score (nSPS) is 9.17. The van der Waals surface area contributed by atoms with Gasteiger partial charge in [-0.2, -0.15) is 0 Å². The van der Waals surface area contributed by atoms with E-state index in [2.05, 4.69) is 20.5 Å². The SMILES string of the molecule is CN(C(=O)NBr)c1ccccc1. The number of anilines is 1. The summed E-state index contributed by atoms with van der Waals surface area (Å²) in [5, 5.41) is 0. The summed E-state index contributed by atoms with van der Waals surface area (Å²) in [5.74, 6) is 0. The van der Waals surface area contributed by atoms with Crippen LogP contribution in [0.1, 0.15) is 0 Å². The van der Waals surface area contributed by atoms with E-state index in [0.29, 0.717) is 0 Å². The van der Waals surface area contributed by atoms with Crippen molar-refractivity contribution in [2.75, 3.05) is 11.9 Å². The number of halogens is 1. The second kappa shape index (κ2) is 4.11. The van der Waals surface area contributed by atoms with E-state index < -0.39 is 0 Å². The topological polar surface area (TPSA) is 32.3 Å². The van der Waals surface area contributed by atoms with Gasteiger partial charge in [0.2, 0.25) is 0 Å². The second-order valence-electron chi connectivity index (χ2n) is 2.29. The number of hydrogen-bond acceptors (Lipinski definition) is 1. The van der Waals surface area contributed by atoms with Crippen LogP contribution in [0, 0.1) is 0 Å². The number of nitrogens with zero attached hydrogens (tertiary/aromatic N) is 1. The fourth-order valence-electron chi connectivity index (χ4n) is 0.832. The predicted molar refractivity (Wildman–Crippen MR) is 52.3 cm³/mol. The molecule has 2 amide bonds. The molecule has 0 saturated carbocycles. The molecule has 0 aliphatic carbocycles. The molecule has 0 saturated heterocycles. The number of benzene rings is 1. The fourth-order valence-corrected chi connectivity index (χ4v) is 1.10. The number of carbonyl (C=O) groups excluding carboxylic acids is 1. The number of rotatable bonds is 1. The second-order valence-corrected chi connectivity index (χ2v) is 2.69. The summed E-state index contributed by atoms with van der Waals surface area (Å²) in [4.78, 5) is 12.6. The van der Waals surface area contributed by atoms with Gasteiger partial charge in [-0.3, -0.25) is 9.24 Å². The van der Waals surface area contributed by atoms with Crippen LogP contribution in [0.25, 0.3) is 0 Å². The molecule has 0 aliphatic rings. The van der Waals surface area contributed by atoms with Crippen LogP contribution in [-0.2, 0) is 0 Å². The number of carbonyl (C=O) groups is 1. The molecule has 0 aliphatic heterocycles. The minimum Gasteiger partial charge on any atom is -0.297 e. The lowest BCUT2D eigenvalue weighted by atomic mass is 10.3. The van der Waals surface area contributed by atoms with Crippen LogP contribution in [0.5, 0.6) is 0 Å². The minimum atomic E-state index is -0.193. The van der Waals surface area contributed by atoms with Gasteiger partial charge < -0.3 is 0 Å². The van der Waals surface area contributed by atoms with E-state index in [1.54, 1.807) is 7.05 Å². The molecule has 0 radical (unpaired) electrons. The molecule has 12 heavy (non-hydrogen) atoms. The van der Waals surface area contributed by atoms with Gasteiger partial charge in [-0.15, -0.1) is 0 Å². The highest BCUT2D eigenvalue weighted by atomic mass is 79.9. The van der Waals surface area contributed by atoms with E-state index in [9.17, 15) is 4.79 Å². The zero-order valence-corrected chi connectivity index (χ0v) is 8.21. The van der Waals surface area contributed by atoms with Crippen LogP contribution >= 0.6 is 16.1 Å². The monoisotopic (exact) mass is 228 g/mol. The Bertz CT molecular complexity index is 263. The summed E-state index contributed by atoms with van der Waals surface area (Å²) in [5.41, 5.74) is 0.856. The van der Waals surface area contributed by atoms with Crippen molar-refractivity contribution in [2.45, 2.75) is 0 Å². The summed E-state index contributed by atoms with van der Waals surface area (Å²) in [6.07, 6.45) is 0. The molecule has 0 atom stereocenters. The molecular weight excluding hydrogens is 220 g/mol. The van der Waals surface area contributed by atoms with Gasteiger partial charge in [0.05, 0.1) is 16.1 Å². The Balaban J connectivity index is 2.78. The Morgan fingerprint density at radius 3 is 2.50 bits per heavy atom. The molecule has 0 bridgehead atoms. The molecule has 4 heteroatoms. The molecule has 1 aromatic rings. The number of nitrogens with one attached hydrogen (secondary N) is 1. The quantitative estimate of drug-likeness (QED) is 0.735. The van der Waals surface area contributed by atoms with E-state index in [0.717, 1.165) is 5.69 Å². The standard InChI is InChI=1S/C8H9BrN2O/c1-11(8(12)10-9)7-5-3-2-4-6-7/h2-6H,1H3,(H,10,12). The molecule has 64 valence electrons. The fraction of sp³-hybridized carbons (Fsp3) is 0.125. The summed E-state index contributed by atoms with van der Waals surface area (Å²) >= 11 is 2.87. The van der Waals surface area contributed by atoms with Gasteiger partial charge >= 0.3 is 6.03 Å². The first kappa shape index (κ1) is 9.06. The Hall–Kier alpha value is -1.03. The molecule has 1 rings (SSSR count). The van der Waals surface area contributed by atoms with Crippen molar-refractivity contribution >= 4 is 27.9 Å². The summed E-state index contributed by atoms with van der Waals surface area (Å²) < 4.78 is 2.36. The van der Waals surface area contributed by atoms with E-state index >= 15 is 0 Å². The Kier molecular flexibility index (Phi) is 3.10. The first-order chi connectivity index (χ1) is 5.75. The van der Waals surface area contributed by atoms with Crippen LogP contribution in [0.2, 0.25) is 0 Å². The largest absolute Gasteiger partial charge is 0.331 e. The lowest BCUT2D eigenvalue weighted by molar-refractivity contribution is 0.253. The van der Waals surface area contributed by atoms with Crippen LogP contribution in [0.15, 0.2) is 30.3 Å². The highest BCUT2D eigenvalue weighted by molar-refractivity contribution is 9.08. The minimum absolute atomic E-state index is 0.193. The number of hydrogen-bond donors (Lipinski definition) is 1. The molecule has 0 spiro atoms. The number of amides is 2. The maximum Gasteiger partial charge on any atom is 0.331 e. The average molecular weight is 229 g/mol. The Morgan fingerprint density at radius 2 is 2.00 bits per heavy atom. The maximum absolute atomic E-state index is 11.1. The first-order valence-electron chi connectivity index (χ1n) is 3.45. The van der Waals surface area contributed by atoms with Crippen LogP contribution in [0.4, 0.5) is 10.5 Å². The van der Waals surface area contributed by atoms with E-state index in [1.165, 1.54) is 4.90 Å². The van der Waals surface area contributed by atoms with E-state index in [1.807, 2.05) is 30.3 Å². The number of para-hydroxylation sites is 1. The Morgan fingerprint density at radius 1 is 1.42 bits per heavy atom. The van der Waals surface area contributed by atoms with Crippen molar-refractivity contribution in [1.29, 1.82) is 0 Å². The smallest absolute Gasteiger partial charge is 0.297 e. The van der Waals surface area contributed by atoms with Gasteiger partial charge in [-0.1, -0.05) is 18.2 Å². The van der Waals surface area contributed by atoms with Gasteiger partial charge in [0.25, 0.3) is 0 Å². The zero-order chi connectivity index (χ0) is 8.97. The van der Waals surface area contributed by atoms with Crippen molar-refractivity contribution in [3.63, 3.8) is 0 Å². The van der Waals surface area contributed by atoms with Crippen molar-refractivity contribution in [3.8, 4) is 0 Å². The lowest BCUT2D eigenvalue weighted by Gasteiger charge is -2.14. The van der Waals surface area contributed by atoms with Crippen molar-refractivity contribution in [3.05, 3.63) is 30.3 Å². The van der Waals surface area contributed by atoms with Crippen molar-refractivity contribution in [1.82, 2.24) is 4.34 Å². The van der Waals surface area contributed by atoms with Crippen molar-refractivity contribution < 1.29 is 4.79 Å². The van der Waals surface area contributed by atoms with Crippen molar-refractivity contribution in [2.24, 2.45) is 0 Å². The summed E-state index contributed by atoms with van der Waals surface area (Å²) in [6, 6.07) is 9.20. The van der Waals surface area contributed by atoms with Gasteiger partial charge in [-0.05, 0) is 12.1 Å². The van der Waals surface area contributed by atoms with Crippen LogP contribution < -0.4 is 9.24 Å². The highest BCUT2D eigenvalue weighted by Crippen LogP contribution is 2.10. The summed E-state index contributed by atoms with van der Waals surface area (Å²) in [7, 11) is 1.70. The zero-order valence-electron chi connectivity index (χ0n) is 6.62. The van der Waals surface area contributed by atoms with Gasteiger partial charge in [-0.25, -0.2) is 4.79 Å². The molecule has 0 fully saturated rings. The molecule has 3 nitrogen and oxygen atoms in total. The van der Waals surface area contributed by atoms with Crippen LogP contribution in [0.3, 0.4) is 0 Å². The van der Waals surface area contributed by atoms with E-state index in [4.69, 9.17) is 0 Å². The third-order valence-corrected chi connectivity index (χ3v) is 1.87. The average Bonchev–Trinajstić information content (AvgIpc) is 2.17. The highest BCUT2D eigenvalue weighted by Gasteiger charge is 2.06. The number of urea groups is 1. The van der Waals surface area contributed by atoms with Gasteiger partial charge in [0, 0.05) is 12.7 Å². The Labute approximate surface area is 79.7 Å². The molecular formula is C8H9BrN2O. The summed E-state index contributed by atoms with van der Waals surface area (Å²) in [6.45, 7) is 0. The molecule has 0 aromatic heterocycles. The lowest BCUT2D eigenvalue weighted by Crippen LogP contribution is -2.31. The third-order valence-electron chi connectivity index (χ3n) is 1.53. The first-order valence-corrected chi connectivity index (χ1v) is 4.24. The molecule has 1 N–H and O–H groups in total. The van der Waals surface area contributed by atoms with Crippen LogP contribution in [-0.4, -0.2) is 13.1 Å².